The molecule has 2 N–H and O–H groups in total. The fourth-order valence-corrected chi connectivity index (χ4v) is 14.1. The molecule has 0 bridgehead atoms. The molecule has 1 aromatic carbocycles. The Labute approximate surface area is 185 Å². The Bertz CT molecular complexity index is 971. The molecule has 1 fully saturated rings. The summed E-state index contributed by atoms with van der Waals surface area (Å²) < 4.78 is 3.60. The number of aromatic hydroxyl groups is 1. The molecule has 2 aliphatic heterocycles. The summed E-state index contributed by atoms with van der Waals surface area (Å²) in [6, 6.07) is 10.4. The second-order valence-electron chi connectivity index (χ2n) is 6.92. The van der Waals surface area contributed by atoms with Crippen LogP contribution in [0.2, 0.25) is 0 Å². The third-order valence-corrected chi connectivity index (χ3v) is 16.4. The van der Waals surface area contributed by atoms with Gasteiger partial charge < -0.3 is 0 Å². The number of aryl methyl sites for hydroxylation is 1. The van der Waals surface area contributed by atoms with Crippen molar-refractivity contribution in [3.63, 3.8) is 0 Å². The van der Waals surface area contributed by atoms with Crippen molar-refractivity contribution < 1.29 is 22.3 Å². The first-order valence-corrected chi connectivity index (χ1v) is 18.5. The molecule has 0 spiro atoms. The number of likely N-dealkylation sites (tertiary alicyclic amines) is 1. The van der Waals surface area contributed by atoms with E-state index in [-0.39, 0.29) is 34.0 Å². The van der Waals surface area contributed by atoms with Crippen molar-refractivity contribution in [2.75, 3.05) is 13.1 Å². The van der Waals surface area contributed by atoms with Gasteiger partial charge in [-0.2, -0.15) is 5.26 Å². The van der Waals surface area contributed by atoms with Crippen LogP contribution < -0.4 is 22.5 Å². The Morgan fingerprint density at radius 1 is 1.39 bits per heavy atom. The molecule has 8 heteroatoms. The molecule has 0 amide bonds. The molecule has 2 aliphatic rings. The number of piperidine rings is 1. The number of amidine groups is 1. The standard InChI is InChI=1S/C20H21I2N4OS/c1-13-2-3-14(10-23)8-15(13)11-26-6-4-16(5-7-26)25-20-17-9-18(27)28-19(17)22-21-12-24-20/h2-3,8-9,12,16,27H,4-7,11H2,1H3,(H,24,25)/q-1. The first kappa shape index (κ1) is 20.3. The summed E-state index contributed by atoms with van der Waals surface area (Å²) >= 11 is 1.64. The SMILES string of the molecule is Cc1ccc(C#N)cc1CN1CCC(N=C2NC=I[I-]c3sc(O)cc32)CC1. The topological polar surface area (TPSA) is 71.7 Å². The van der Waals surface area contributed by atoms with Gasteiger partial charge in [-0.15, -0.1) is 0 Å². The van der Waals surface area contributed by atoms with Gasteiger partial charge in [0.05, 0.1) is 6.07 Å². The normalized spacial score (nSPS) is 19.6. The van der Waals surface area contributed by atoms with Gasteiger partial charge in [-0.25, -0.2) is 0 Å². The molecule has 0 atom stereocenters. The minimum atomic E-state index is 0.0309. The summed E-state index contributed by atoms with van der Waals surface area (Å²) in [5, 5.41) is 22.9. The number of aliphatic imine (C=N–C) groups is 1. The minimum absolute atomic E-state index is 0.0309. The Morgan fingerprint density at radius 3 is 3.00 bits per heavy atom. The van der Waals surface area contributed by atoms with E-state index < -0.39 is 0 Å². The molecule has 3 heterocycles. The monoisotopic (exact) mass is 619 g/mol. The van der Waals surface area contributed by atoms with Crippen LogP contribution >= 0.6 is 28.1 Å². The van der Waals surface area contributed by atoms with Crippen LogP contribution in [-0.2, 0) is 6.54 Å². The fraction of sp³-hybridized carbons (Fsp3) is 0.350. The molecule has 0 unspecified atom stereocenters. The molecule has 5 nitrogen and oxygen atoms in total. The number of nitriles is 1. The Hall–Kier alpha value is -1.03. The van der Waals surface area contributed by atoms with Crippen molar-refractivity contribution in [3.8, 4) is 11.1 Å². The summed E-state index contributed by atoms with van der Waals surface area (Å²) in [5.74, 6) is 0.958. The van der Waals surface area contributed by atoms with E-state index in [9.17, 15) is 5.11 Å². The second-order valence-corrected chi connectivity index (χ2v) is 17.2. The maximum absolute atomic E-state index is 9.90. The number of fused-ring (bicyclic) bond motifs is 1. The molecule has 28 heavy (non-hydrogen) atoms. The molecule has 0 radical (unpaired) electrons. The van der Waals surface area contributed by atoms with E-state index in [2.05, 4.69) is 27.3 Å². The van der Waals surface area contributed by atoms with Gasteiger partial charge in [0.2, 0.25) is 0 Å². The van der Waals surface area contributed by atoms with Gasteiger partial charge in [0, 0.05) is 0 Å². The van der Waals surface area contributed by atoms with Crippen LogP contribution in [0.25, 0.3) is 0 Å². The third kappa shape index (κ3) is 4.75. The number of thiophene rings is 1. The van der Waals surface area contributed by atoms with E-state index in [0.29, 0.717) is 11.1 Å². The number of hydrogen-bond acceptors (Lipinski definition) is 5. The van der Waals surface area contributed by atoms with E-state index in [1.165, 1.54) is 25.3 Å². The summed E-state index contributed by atoms with van der Waals surface area (Å²) in [6.45, 7) is 5.04. The molecule has 148 valence electrons. The Balaban J connectivity index is 1.42. The second kappa shape index (κ2) is 9.19. The first-order chi connectivity index (χ1) is 13.6. The number of nitrogens with zero attached hydrogens (tertiary/aromatic N) is 3. The number of halogens is 2. The zero-order valence-electron chi connectivity index (χ0n) is 15.5. The number of rotatable bonds is 3. The van der Waals surface area contributed by atoms with Gasteiger partial charge in [0.25, 0.3) is 0 Å². The van der Waals surface area contributed by atoms with Gasteiger partial charge >= 0.3 is 169 Å². The first-order valence-electron chi connectivity index (χ1n) is 9.11. The van der Waals surface area contributed by atoms with Crippen LogP contribution in [0.4, 0.5) is 0 Å². The average molecular weight is 619 g/mol. The molecule has 4 rings (SSSR count). The zero-order chi connectivity index (χ0) is 19.5. The van der Waals surface area contributed by atoms with Crippen LogP contribution in [0.15, 0.2) is 29.3 Å². The van der Waals surface area contributed by atoms with E-state index in [4.69, 9.17) is 10.3 Å². The van der Waals surface area contributed by atoms with Crippen molar-refractivity contribution in [3.05, 3.63) is 49.4 Å². The number of nitrogens with one attached hydrogen (secondary N) is 1. The van der Waals surface area contributed by atoms with Crippen molar-refractivity contribution >= 4 is 38.1 Å². The van der Waals surface area contributed by atoms with Gasteiger partial charge in [0.15, 0.2) is 0 Å². The van der Waals surface area contributed by atoms with E-state index in [1.807, 2.05) is 24.3 Å². The predicted octanol–water partition coefficient (Wildman–Crippen LogP) is 0.552. The maximum atomic E-state index is 9.90. The van der Waals surface area contributed by atoms with Gasteiger partial charge in [-0.3, -0.25) is 0 Å². The van der Waals surface area contributed by atoms with Gasteiger partial charge in [-0.1, -0.05) is 0 Å². The van der Waals surface area contributed by atoms with Crippen molar-refractivity contribution in [2.24, 2.45) is 4.99 Å². The summed E-state index contributed by atoms with van der Waals surface area (Å²) in [4.78, 5) is 7.50. The van der Waals surface area contributed by atoms with Crippen molar-refractivity contribution in [2.45, 2.75) is 32.4 Å². The van der Waals surface area contributed by atoms with Crippen molar-refractivity contribution in [1.29, 1.82) is 5.26 Å². The average Bonchev–Trinajstić information content (AvgIpc) is 2.98. The molecular weight excluding hydrogens is 598 g/mol. The van der Waals surface area contributed by atoms with Crippen LogP contribution in [0.5, 0.6) is 5.06 Å². The van der Waals surface area contributed by atoms with E-state index in [0.717, 1.165) is 49.4 Å². The van der Waals surface area contributed by atoms with Crippen LogP contribution in [-0.4, -0.2) is 39.1 Å². The summed E-state index contributed by atoms with van der Waals surface area (Å²) in [7, 11) is 0. The quantitative estimate of drug-likeness (QED) is 0.493. The molecule has 0 aliphatic carbocycles. The predicted molar refractivity (Wildman–Crippen MR) is 119 cm³/mol. The van der Waals surface area contributed by atoms with Crippen LogP contribution in [0, 0.1) is 21.1 Å². The van der Waals surface area contributed by atoms with E-state index >= 15 is 0 Å². The van der Waals surface area contributed by atoms with Crippen molar-refractivity contribution in [1.82, 2.24) is 10.2 Å². The third-order valence-electron chi connectivity index (χ3n) is 5.01. The van der Waals surface area contributed by atoms with Crippen LogP contribution in [0.1, 0.15) is 35.1 Å². The summed E-state index contributed by atoms with van der Waals surface area (Å²) in [6.07, 6.45) is 2.08. The molecule has 2 aromatic rings. The van der Waals surface area contributed by atoms with Crippen LogP contribution in [0.3, 0.4) is 0 Å². The number of benzene rings is 1. The molecular formula is C20H21I2N4OS-. The Morgan fingerprint density at radius 2 is 2.21 bits per heavy atom. The van der Waals surface area contributed by atoms with Gasteiger partial charge in [0.1, 0.15) is 0 Å². The Kier molecular flexibility index (Phi) is 6.65. The summed E-state index contributed by atoms with van der Waals surface area (Å²) in [5.41, 5.74) is 4.36. The molecule has 1 saturated heterocycles. The van der Waals surface area contributed by atoms with E-state index in [1.54, 1.807) is 0 Å². The number of hydrogen-bond donors (Lipinski definition) is 2. The molecule has 0 saturated carbocycles. The van der Waals surface area contributed by atoms with Gasteiger partial charge in [-0.05, 0) is 6.07 Å². The fourth-order valence-electron chi connectivity index (χ4n) is 3.43. The molecule has 1 aromatic heterocycles. The zero-order valence-corrected chi connectivity index (χ0v) is 20.6.